The molecule has 0 amide bonds. The zero-order valence-electron chi connectivity index (χ0n) is 17.9. The summed E-state index contributed by atoms with van der Waals surface area (Å²) < 4.78 is 10.9. The van der Waals surface area contributed by atoms with E-state index in [0.717, 1.165) is 23.8 Å². The van der Waals surface area contributed by atoms with Gasteiger partial charge in [0.05, 0.1) is 12.7 Å². The van der Waals surface area contributed by atoms with Crippen LogP contribution < -0.4 is 10.4 Å². The van der Waals surface area contributed by atoms with Gasteiger partial charge in [-0.3, -0.25) is 0 Å². The van der Waals surface area contributed by atoms with Crippen molar-refractivity contribution < 1.29 is 24.5 Å². The molecule has 0 unspecified atom stereocenters. The normalized spacial score (nSPS) is 15.8. The lowest BCUT2D eigenvalue weighted by atomic mass is 9.94. The standard InChI is InChI=1S/C24H32O6/c1-17(7-11-22(26)24(3,28)16-25)5-4-6-18(2)13-14-29-20-10-8-19-9-12-23(27)30-21(19)15-20/h5,8-10,12-13,15,22,25-26,28H,4,6-7,11,14,16H2,1-3H3/t22-,24+/m0/s1. The van der Waals surface area contributed by atoms with Gasteiger partial charge in [0.1, 0.15) is 23.5 Å². The summed E-state index contributed by atoms with van der Waals surface area (Å²) in [4.78, 5) is 11.3. The van der Waals surface area contributed by atoms with E-state index in [4.69, 9.17) is 14.3 Å². The highest BCUT2D eigenvalue weighted by molar-refractivity contribution is 5.77. The largest absolute Gasteiger partial charge is 0.489 e. The van der Waals surface area contributed by atoms with E-state index in [1.807, 2.05) is 32.1 Å². The van der Waals surface area contributed by atoms with E-state index in [9.17, 15) is 15.0 Å². The third-order valence-electron chi connectivity index (χ3n) is 5.16. The monoisotopic (exact) mass is 416 g/mol. The minimum absolute atomic E-state index is 0.382. The van der Waals surface area contributed by atoms with Crippen LogP contribution in [-0.2, 0) is 0 Å². The van der Waals surface area contributed by atoms with Crippen LogP contribution in [-0.4, -0.2) is 40.2 Å². The Labute approximate surface area is 177 Å². The first-order valence-corrected chi connectivity index (χ1v) is 10.2. The van der Waals surface area contributed by atoms with E-state index in [1.165, 1.54) is 18.6 Å². The molecule has 1 aromatic heterocycles. The van der Waals surface area contributed by atoms with Crippen LogP contribution in [0.3, 0.4) is 0 Å². The molecule has 0 spiro atoms. The zero-order chi connectivity index (χ0) is 22.1. The molecule has 164 valence electrons. The van der Waals surface area contributed by atoms with Crippen LogP contribution in [0.2, 0.25) is 0 Å². The zero-order valence-corrected chi connectivity index (χ0v) is 17.9. The predicted molar refractivity (Wildman–Crippen MR) is 118 cm³/mol. The van der Waals surface area contributed by atoms with Gasteiger partial charge in [0.25, 0.3) is 0 Å². The van der Waals surface area contributed by atoms with Gasteiger partial charge in [0.15, 0.2) is 0 Å². The number of ether oxygens (including phenoxy) is 1. The number of hydrogen-bond acceptors (Lipinski definition) is 6. The second-order valence-corrected chi connectivity index (χ2v) is 7.97. The molecule has 0 radical (unpaired) electrons. The van der Waals surface area contributed by atoms with Crippen molar-refractivity contribution >= 4 is 11.0 Å². The minimum Gasteiger partial charge on any atom is -0.489 e. The summed E-state index contributed by atoms with van der Waals surface area (Å²) in [5.74, 6) is 0.647. The van der Waals surface area contributed by atoms with Gasteiger partial charge < -0.3 is 24.5 Å². The molecule has 0 fully saturated rings. The number of hydrogen-bond donors (Lipinski definition) is 3. The Morgan fingerprint density at radius 1 is 1.17 bits per heavy atom. The Balaban J connectivity index is 1.76. The Bertz CT molecular complexity index is 938. The van der Waals surface area contributed by atoms with Gasteiger partial charge in [-0.2, -0.15) is 0 Å². The number of aliphatic hydroxyl groups excluding tert-OH is 2. The summed E-state index contributed by atoms with van der Waals surface area (Å²) in [6.07, 6.45) is 6.05. The molecule has 0 aliphatic carbocycles. The highest BCUT2D eigenvalue weighted by atomic mass is 16.5. The lowest BCUT2D eigenvalue weighted by Crippen LogP contribution is -2.42. The van der Waals surface area contributed by atoms with Crippen molar-refractivity contribution in [2.75, 3.05) is 13.2 Å². The van der Waals surface area contributed by atoms with Crippen LogP contribution in [0.25, 0.3) is 11.0 Å². The highest BCUT2D eigenvalue weighted by Crippen LogP contribution is 2.20. The van der Waals surface area contributed by atoms with Gasteiger partial charge in [0.2, 0.25) is 0 Å². The van der Waals surface area contributed by atoms with Crippen LogP contribution in [0.1, 0.15) is 46.5 Å². The molecule has 0 aliphatic rings. The first kappa shape index (κ1) is 23.9. The van der Waals surface area contributed by atoms with Crippen molar-refractivity contribution in [2.45, 2.75) is 58.2 Å². The fourth-order valence-electron chi connectivity index (χ4n) is 2.94. The topological polar surface area (TPSA) is 100 Å². The molecule has 3 N–H and O–H groups in total. The molecule has 0 saturated heterocycles. The molecule has 0 bridgehead atoms. The van der Waals surface area contributed by atoms with Crippen LogP contribution in [0.5, 0.6) is 5.75 Å². The maximum atomic E-state index is 11.3. The van der Waals surface area contributed by atoms with Crippen molar-refractivity contribution in [1.82, 2.24) is 0 Å². The third kappa shape index (κ3) is 7.44. The minimum atomic E-state index is -1.46. The summed E-state index contributed by atoms with van der Waals surface area (Å²) in [7, 11) is 0. The fourth-order valence-corrected chi connectivity index (χ4v) is 2.94. The van der Waals surface area contributed by atoms with Crippen LogP contribution in [0, 0.1) is 0 Å². The summed E-state index contributed by atoms with van der Waals surface area (Å²) in [6, 6.07) is 8.54. The quantitative estimate of drug-likeness (QED) is 0.381. The van der Waals surface area contributed by atoms with Crippen molar-refractivity contribution in [3.05, 3.63) is 64.1 Å². The average Bonchev–Trinajstić information content (AvgIpc) is 2.71. The molecule has 30 heavy (non-hydrogen) atoms. The first-order valence-electron chi connectivity index (χ1n) is 10.2. The molecule has 6 heteroatoms. The Morgan fingerprint density at radius 2 is 1.87 bits per heavy atom. The fraction of sp³-hybridized carbons (Fsp3) is 0.458. The Kier molecular flexibility index (Phi) is 8.84. The van der Waals surface area contributed by atoms with Gasteiger partial charge in [-0.25, -0.2) is 4.79 Å². The van der Waals surface area contributed by atoms with Crippen molar-refractivity contribution in [3.63, 3.8) is 0 Å². The Morgan fingerprint density at radius 3 is 2.60 bits per heavy atom. The van der Waals surface area contributed by atoms with Crippen LogP contribution in [0.4, 0.5) is 0 Å². The molecule has 2 rings (SSSR count). The van der Waals surface area contributed by atoms with Crippen LogP contribution in [0.15, 0.2) is 62.8 Å². The number of allylic oxidation sites excluding steroid dienone is 3. The lowest BCUT2D eigenvalue weighted by molar-refractivity contribution is -0.0942. The summed E-state index contributed by atoms with van der Waals surface area (Å²) >= 11 is 0. The molecule has 1 heterocycles. The lowest BCUT2D eigenvalue weighted by Gasteiger charge is -2.26. The number of rotatable bonds is 11. The second-order valence-electron chi connectivity index (χ2n) is 7.97. The van der Waals surface area contributed by atoms with Gasteiger partial charge >= 0.3 is 5.63 Å². The number of fused-ring (bicyclic) bond motifs is 1. The smallest absolute Gasteiger partial charge is 0.336 e. The molecule has 0 saturated carbocycles. The van der Waals surface area contributed by atoms with Crippen molar-refractivity contribution in [1.29, 1.82) is 0 Å². The maximum Gasteiger partial charge on any atom is 0.336 e. The summed E-state index contributed by atoms with van der Waals surface area (Å²) in [5, 5.41) is 29.7. The number of aliphatic hydroxyl groups is 3. The SMILES string of the molecule is CC(=CCOc1ccc2ccc(=O)oc2c1)CCC=C(C)CC[C@H](O)[C@](C)(O)CO. The average molecular weight is 417 g/mol. The second kappa shape index (κ2) is 11.1. The van der Waals surface area contributed by atoms with Gasteiger partial charge in [-0.1, -0.05) is 17.2 Å². The molecule has 6 nitrogen and oxygen atoms in total. The first-order chi connectivity index (χ1) is 14.2. The van der Waals surface area contributed by atoms with Crippen molar-refractivity contribution in [2.24, 2.45) is 0 Å². The van der Waals surface area contributed by atoms with E-state index in [1.54, 1.807) is 12.1 Å². The molecule has 2 atom stereocenters. The van der Waals surface area contributed by atoms with Gasteiger partial charge in [-0.15, -0.1) is 0 Å². The molecular weight excluding hydrogens is 384 g/mol. The number of benzene rings is 1. The Hall–Kier alpha value is -2.41. The van der Waals surface area contributed by atoms with Crippen LogP contribution >= 0.6 is 0 Å². The van der Waals surface area contributed by atoms with E-state index >= 15 is 0 Å². The summed E-state index contributed by atoms with van der Waals surface area (Å²) in [6.45, 7) is 5.45. The molecule has 2 aromatic rings. The van der Waals surface area contributed by atoms with E-state index in [0.29, 0.717) is 30.8 Å². The third-order valence-corrected chi connectivity index (χ3v) is 5.16. The van der Waals surface area contributed by atoms with Gasteiger partial charge in [-0.05, 0) is 70.7 Å². The molecular formula is C24H32O6. The van der Waals surface area contributed by atoms with E-state index < -0.39 is 18.3 Å². The van der Waals surface area contributed by atoms with E-state index in [2.05, 4.69) is 6.08 Å². The molecule has 1 aromatic carbocycles. The molecule has 0 aliphatic heterocycles. The van der Waals surface area contributed by atoms with E-state index in [-0.39, 0.29) is 5.63 Å². The predicted octanol–water partition coefficient (Wildman–Crippen LogP) is 3.73. The van der Waals surface area contributed by atoms with Crippen molar-refractivity contribution in [3.8, 4) is 5.75 Å². The maximum absolute atomic E-state index is 11.3. The highest BCUT2D eigenvalue weighted by Gasteiger charge is 2.28. The summed E-state index contributed by atoms with van der Waals surface area (Å²) in [5.41, 5.74) is 1.01. The van der Waals surface area contributed by atoms with Gasteiger partial charge in [0, 0.05) is 17.5 Å².